The van der Waals surface area contributed by atoms with Gasteiger partial charge in [-0.2, -0.15) is 5.26 Å². The number of alkyl carbamates (subject to hydrolysis) is 1. The first-order chi connectivity index (χ1) is 25.3. The Kier molecular flexibility index (Phi) is 10.7. The summed E-state index contributed by atoms with van der Waals surface area (Å²) in [5, 5.41) is 16.7. The minimum atomic E-state index is -0.903. The second kappa shape index (κ2) is 15.0. The van der Waals surface area contributed by atoms with Crippen LogP contribution in [0.1, 0.15) is 73.2 Å². The van der Waals surface area contributed by atoms with Crippen LogP contribution in [0.25, 0.3) is 0 Å². The summed E-state index contributed by atoms with van der Waals surface area (Å²) in [6.07, 6.45) is 2.07. The normalized spacial score (nSPS) is 23.4. The molecule has 4 aliphatic heterocycles. The molecule has 0 radical (unpaired) electrons. The summed E-state index contributed by atoms with van der Waals surface area (Å²) in [4.78, 5) is 30.7. The quantitative estimate of drug-likeness (QED) is 0.249. The van der Waals surface area contributed by atoms with E-state index in [-0.39, 0.29) is 44.9 Å². The lowest BCUT2D eigenvalue weighted by atomic mass is 9.71. The van der Waals surface area contributed by atoms with Crippen molar-refractivity contribution in [2.75, 3.05) is 48.0 Å². The van der Waals surface area contributed by atoms with Crippen LogP contribution in [0.2, 0.25) is 0 Å². The largest absolute Gasteiger partial charge is 0.493 e. The van der Waals surface area contributed by atoms with Crippen molar-refractivity contribution in [1.82, 2.24) is 20.4 Å². The third-order valence-electron chi connectivity index (χ3n) is 10.5. The Hall–Kier alpha value is -4.71. The maximum absolute atomic E-state index is 13.7. The lowest BCUT2D eigenvalue weighted by Gasteiger charge is -2.60. The number of nitrogens with zero attached hydrogens (tertiary/aromatic N) is 3. The Bertz CT molecular complexity index is 1820. The zero-order valence-electron chi connectivity index (χ0n) is 32.1. The van der Waals surface area contributed by atoms with Crippen molar-refractivity contribution in [1.29, 1.82) is 5.26 Å². The summed E-state index contributed by atoms with van der Waals surface area (Å²) >= 11 is 0. The number of rotatable bonds is 11. The first-order valence-corrected chi connectivity index (χ1v) is 17.9. The number of nitrogens with one attached hydrogen (secondary N) is 2. The molecular formula is C39H51N5O9. The number of methoxy groups -OCH3 is 2. The molecule has 14 nitrogen and oxygen atoms in total. The first kappa shape index (κ1) is 38.0. The van der Waals surface area contributed by atoms with E-state index in [0.717, 1.165) is 33.4 Å². The number of piperazine rings is 1. The Morgan fingerprint density at radius 2 is 1.83 bits per heavy atom. The number of amides is 2. The third kappa shape index (κ3) is 6.82. The van der Waals surface area contributed by atoms with E-state index in [1.165, 1.54) is 0 Å². The third-order valence-corrected chi connectivity index (χ3v) is 10.5. The number of carbonyl (C=O) groups excluding carboxylic acids is 2. The maximum atomic E-state index is 13.7. The van der Waals surface area contributed by atoms with Gasteiger partial charge < -0.3 is 43.8 Å². The standard InChI is InChI=1S/C39H51N5O9/c1-11-12-49-33-21(3)34-36(52-19-51-34)30-24(33)15-26-31-29-23(13-20(2)32(48-10)35(29)50-18-47-9)14-25(43(31)8)27(16-40)44(26)28(30)17-41-37(45)22(4)42-38(46)53-39(5,6)7/h11,13,22,25-28,31H,1,12,14-15,17-19H2,2-10H3,(H,41,45)(H,42,46)/t22-,25-,26-,27-,28-,31+/m0/s1. The fourth-order valence-electron chi connectivity index (χ4n) is 8.50. The van der Waals surface area contributed by atoms with E-state index >= 15 is 0 Å². The molecule has 0 unspecified atom stereocenters. The van der Waals surface area contributed by atoms with E-state index in [0.29, 0.717) is 41.6 Å². The van der Waals surface area contributed by atoms with E-state index in [1.54, 1.807) is 48.0 Å². The van der Waals surface area contributed by atoms with Crippen molar-refractivity contribution < 1.29 is 42.7 Å². The Balaban J connectivity index is 1.50. The van der Waals surface area contributed by atoms with Crippen LogP contribution in [-0.4, -0.2) is 99.6 Å². The van der Waals surface area contributed by atoms with Crippen LogP contribution in [0.3, 0.4) is 0 Å². The number of likely N-dealkylation sites (N-methyl/N-ethyl adjacent to an activating group) is 1. The highest BCUT2D eigenvalue weighted by molar-refractivity contribution is 5.85. The average Bonchev–Trinajstić information content (AvgIpc) is 3.59. The van der Waals surface area contributed by atoms with Crippen LogP contribution >= 0.6 is 0 Å². The van der Waals surface area contributed by atoms with Crippen LogP contribution in [0.4, 0.5) is 4.79 Å². The van der Waals surface area contributed by atoms with Gasteiger partial charge in [-0.3, -0.25) is 14.6 Å². The van der Waals surface area contributed by atoms with Gasteiger partial charge in [-0.1, -0.05) is 18.7 Å². The molecule has 0 aromatic heterocycles. The number of hydrogen-bond acceptors (Lipinski definition) is 12. The molecule has 2 aromatic carbocycles. The molecule has 2 amide bonds. The minimum Gasteiger partial charge on any atom is -0.493 e. The van der Waals surface area contributed by atoms with Gasteiger partial charge in [-0.15, -0.1) is 0 Å². The van der Waals surface area contributed by atoms with Gasteiger partial charge >= 0.3 is 6.09 Å². The zero-order chi connectivity index (χ0) is 38.4. The molecule has 4 aliphatic rings. The first-order valence-electron chi connectivity index (χ1n) is 17.9. The van der Waals surface area contributed by atoms with Gasteiger partial charge in [-0.25, -0.2) is 4.79 Å². The number of nitriles is 1. The lowest BCUT2D eigenvalue weighted by molar-refractivity contribution is -0.123. The van der Waals surface area contributed by atoms with E-state index < -0.39 is 35.7 Å². The van der Waals surface area contributed by atoms with Crippen LogP contribution in [0.5, 0.6) is 28.7 Å². The van der Waals surface area contributed by atoms with E-state index in [9.17, 15) is 14.9 Å². The molecule has 2 bridgehead atoms. The molecule has 14 heteroatoms. The van der Waals surface area contributed by atoms with E-state index in [2.05, 4.69) is 46.2 Å². The summed E-state index contributed by atoms with van der Waals surface area (Å²) in [7, 11) is 5.27. The molecule has 1 fully saturated rings. The Morgan fingerprint density at radius 1 is 1.09 bits per heavy atom. The van der Waals surface area contributed by atoms with Crippen molar-refractivity contribution in [3.63, 3.8) is 0 Å². The van der Waals surface area contributed by atoms with Crippen LogP contribution in [0, 0.1) is 25.2 Å². The number of hydrogen-bond donors (Lipinski definition) is 2. The summed E-state index contributed by atoms with van der Waals surface area (Å²) in [5.74, 6) is 2.63. The zero-order valence-corrected chi connectivity index (χ0v) is 32.1. The summed E-state index contributed by atoms with van der Waals surface area (Å²) in [6.45, 7) is 15.1. The average molecular weight is 734 g/mol. The molecule has 53 heavy (non-hydrogen) atoms. The van der Waals surface area contributed by atoms with Crippen molar-refractivity contribution in [2.24, 2.45) is 0 Å². The SMILES string of the molecule is C=CCOc1c(C)c2c(c3c1C[C@H]1[C@@H]4c5c(cc(C)c(OC)c5OCOC)C[C@@H]([C@H](C#N)N1[C@H]3CNC(=O)[C@H](C)NC(=O)OC(C)(C)C)N4C)OCO2. The molecule has 2 aromatic rings. The smallest absolute Gasteiger partial charge is 0.408 e. The lowest BCUT2D eigenvalue weighted by Crippen LogP contribution is -2.69. The summed E-state index contributed by atoms with van der Waals surface area (Å²) < 4.78 is 41.6. The molecule has 0 saturated carbocycles. The van der Waals surface area contributed by atoms with Gasteiger partial charge in [0.1, 0.15) is 30.0 Å². The highest BCUT2D eigenvalue weighted by atomic mass is 16.7. The van der Waals surface area contributed by atoms with Crippen LogP contribution < -0.4 is 34.3 Å². The maximum Gasteiger partial charge on any atom is 0.408 e. The number of fused-ring (bicyclic) bond motifs is 9. The van der Waals surface area contributed by atoms with Gasteiger partial charge in [0.2, 0.25) is 12.7 Å². The van der Waals surface area contributed by atoms with E-state index in [1.807, 2.05) is 13.8 Å². The number of benzene rings is 2. The second-order valence-electron chi connectivity index (χ2n) is 15.0. The molecule has 286 valence electrons. The molecule has 0 spiro atoms. The molecular weight excluding hydrogens is 682 g/mol. The predicted octanol–water partition coefficient (Wildman–Crippen LogP) is 4.39. The van der Waals surface area contributed by atoms with E-state index in [4.69, 9.17) is 33.2 Å². The van der Waals surface area contributed by atoms with Gasteiger partial charge in [0.05, 0.1) is 25.3 Å². The fraction of sp³-hybridized carbons (Fsp3) is 0.564. The fourth-order valence-corrected chi connectivity index (χ4v) is 8.50. The van der Waals surface area contributed by atoms with Crippen molar-refractivity contribution in [2.45, 2.75) is 96.2 Å². The molecule has 6 rings (SSSR count). The monoisotopic (exact) mass is 733 g/mol. The molecule has 6 atom stereocenters. The highest BCUT2D eigenvalue weighted by Gasteiger charge is 2.57. The molecule has 2 N–H and O–H groups in total. The minimum absolute atomic E-state index is 0.0231. The predicted molar refractivity (Wildman–Crippen MR) is 195 cm³/mol. The topological polar surface area (TPSA) is 153 Å². The number of ether oxygens (including phenoxy) is 7. The number of aryl methyl sites for hydroxylation is 1. The Morgan fingerprint density at radius 3 is 2.49 bits per heavy atom. The van der Waals surface area contributed by atoms with Crippen molar-refractivity contribution >= 4 is 12.0 Å². The second-order valence-corrected chi connectivity index (χ2v) is 15.0. The summed E-state index contributed by atoms with van der Waals surface area (Å²) in [5.41, 5.74) is 4.77. The Labute approximate surface area is 311 Å². The number of carbonyl (C=O) groups is 2. The van der Waals surface area contributed by atoms with Gasteiger partial charge in [0.15, 0.2) is 29.8 Å². The van der Waals surface area contributed by atoms with Crippen LogP contribution in [-0.2, 0) is 27.1 Å². The van der Waals surface area contributed by atoms with Crippen LogP contribution in [0.15, 0.2) is 18.7 Å². The summed E-state index contributed by atoms with van der Waals surface area (Å²) in [6, 6.07) is 2.01. The van der Waals surface area contributed by atoms with Crippen molar-refractivity contribution in [3.8, 4) is 34.8 Å². The van der Waals surface area contributed by atoms with Crippen molar-refractivity contribution in [3.05, 3.63) is 52.1 Å². The molecule has 1 saturated heterocycles. The van der Waals surface area contributed by atoms with Gasteiger partial charge in [0.25, 0.3) is 0 Å². The molecule has 0 aliphatic carbocycles. The van der Waals surface area contributed by atoms with Gasteiger partial charge in [-0.05, 0) is 72.6 Å². The molecule has 4 heterocycles. The van der Waals surface area contributed by atoms with Gasteiger partial charge in [0, 0.05) is 48.0 Å². The highest BCUT2D eigenvalue weighted by Crippen LogP contribution is 2.58.